The fourth-order valence-electron chi connectivity index (χ4n) is 4.80. The summed E-state index contributed by atoms with van der Waals surface area (Å²) in [4.78, 5) is 26.7. The van der Waals surface area contributed by atoms with Crippen molar-refractivity contribution in [3.05, 3.63) is 72.3 Å². The molecule has 1 saturated heterocycles. The average Bonchev–Trinajstić information content (AvgIpc) is 3.41. The molecule has 1 aliphatic rings. The minimum absolute atomic E-state index is 0.0350. The highest BCUT2D eigenvalue weighted by atomic mass is 32.2. The molecule has 10 nitrogen and oxygen atoms in total. The van der Waals surface area contributed by atoms with Crippen LogP contribution in [-0.4, -0.2) is 60.2 Å². The van der Waals surface area contributed by atoms with Crippen LogP contribution < -0.4 is 9.46 Å². The average molecular weight is 598 g/mol. The lowest BCUT2D eigenvalue weighted by atomic mass is 9.97. The molecule has 0 bridgehead atoms. The van der Waals surface area contributed by atoms with E-state index >= 15 is 0 Å². The lowest BCUT2D eigenvalue weighted by Gasteiger charge is -2.24. The van der Waals surface area contributed by atoms with Gasteiger partial charge in [-0.3, -0.25) is 4.72 Å². The molecule has 1 aliphatic heterocycles. The van der Waals surface area contributed by atoms with E-state index < -0.39 is 32.2 Å². The molecule has 220 valence electrons. The van der Waals surface area contributed by atoms with Gasteiger partial charge in [0.05, 0.1) is 18.3 Å². The summed E-state index contributed by atoms with van der Waals surface area (Å²) >= 11 is 0. The number of halogens is 2. The van der Waals surface area contributed by atoms with Gasteiger partial charge < -0.3 is 14.4 Å². The van der Waals surface area contributed by atoms with Crippen LogP contribution >= 0.6 is 0 Å². The Morgan fingerprint density at radius 3 is 2.55 bits per heavy atom. The van der Waals surface area contributed by atoms with Crippen molar-refractivity contribution in [2.24, 2.45) is 0 Å². The van der Waals surface area contributed by atoms with Gasteiger partial charge in [-0.05, 0) is 63.1 Å². The Labute approximate surface area is 241 Å². The number of carbonyl (C=O) groups excluding carboxylic acids is 1. The van der Waals surface area contributed by atoms with Gasteiger partial charge in [0.2, 0.25) is 5.88 Å². The minimum Gasteiger partial charge on any atom is -0.480 e. The van der Waals surface area contributed by atoms with E-state index in [1.54, 1.807) is 4.90 Å². The number of ether oxygens (including phenoxy) is 2. The van der Waals surface area contributed by atoms with Crippen LogP contribution in [0, 0.1) is 11.6 Å². The summed E-state index contributed by atoms with van der Waals surface area (Å²) in [6, 6.07) is 9.20. The lowest BCUT2D eigenvalue weighted by molar-refractivity contribution is 0.0292. The van der Waals surface area contributed by atoms with Gasteiger partial charge in [0.25, 0.3) is 10.0 Å². The molecular weight excluding hydrogens is 568 g/mol. The second-order valence-corrected chi connectivity index (χ2v) is 12.5. The van der Waals surface area contributed by atoms with E-state index in [9.17, 15) is 22.0 Å². The van der Waals surface area contributed by atoms with Gasteiger partial charge in [0.15, 0.2) is 0 Å². The number of fused-ring (bicyclic) bond motifs is 1. The number of nitrogens with one attached hydrogen (secondary N) is 1. The van der Waals surface area contributed by atoms with Crippen LogP contribution in [0.3, 0.4) is 0 Å². The quantitative estimate of drug-likeness (QED) is 0.309. The molecule has 2 aromatic carbocycles. The van der Waals surface area contributed by atoms with Crippen molar-refractivity contribution in [3.63, 3.8) is 0 Å². The van der Waals surface area contributed by atoms with Crippen molar-refractivity contribution < 1.29 is 31.5 Å². The van der Waals surface area contributed by atoms with Gasteiger partial charge in [0.1, 0.15) is 34.1 Å². The summed E-state index contributed by atoms with van der Waals surface area (Å²) in [6.45, 7) is 6.45. The van der Waals surface area contributed by atoms with Crippen LogP contribution in [-0.2, 0) is 14.8 Å². The van der Waals surface area contributed by atoms with E-state index in [4.69, 9.17) is 9.47 Å². The Hall–Kier alpha value is -4.39. The summed E-state index contributed by atoms with van der Waals surface area (Å²) in [5.74, 6) is -2.21. The number of hydrogen-bond donors (Lipinski definition) is 1. The number of carbonyl (C=O) groups is 1. The van der Waals surface area contributed by atoms with Gasteiger partial charge in [-0.25, -0.2) is 36.9 Å². The van der Waals surface area contributed by atoms with Gasteiger partial charge >= 0.3 is 6.09 Å². The van der Waals surface area contributed by atoms with Crippen LogP contribution in [0.1, 0.15) is 38.8 Å². The number of pyridine rings is 1. The zero-order valence-corrected chi connectivity index (χ0v) is 24.2. The Morgan fingerprint density at radius 1 is 1.05 bits per heavy atom. The van der Waals surface area contributed by atoms with Crippen molar-refractivity contribution in [1.82, 2.24) is 19.9 Å². The third kappa shape index (κ3) is 6.10. The molecule has 13 heteroatoms. The fraction of sp³-hybridized carbons (Fsp3) is 0.310. The zero-order chi connectivity index (χ0) is 30.2. The predicted molar refractivity (Wildman–Crippen MR) is 152 cm³/mol. The number of amides is 1. The van der Waals surface area contributed by atoms with Crippen LogP contribution in [0.5, 0.6) is 5.88 Å². The van der Waals surface area contributed by atoms with Crippen molar-refractivity contribution >= 4 is 32.7 Å². The molecule has 3 heterocycles. The first-order valence-electron chi connectivity index (χ1n) is 13.1. The Morgan fingerprint density at radius 2 is 1.83 bits per heavy atom. The number of anilines is 1. The molecule has 42 heavy (non-hydrogen) atoms. The van der Waals surface area contributed by atoms with Crippen molar-refractivity contribution in [1.29, 1.82) is 0 Å². The number of nitrogens with zero attached hydrogens (tertiary/aromatic N) is 4. The van der Waals surface area contributed by atoms with Crippen LogP contribution in [0.15, 0.2) is 59.9 Å². The maximum atomic E-state index is 14.3. The first kappa shape index (κ1) is 29.1. The second kappa shape index (κ2) is 11.1. The highest BCUT2D eigenvalue weighted by Crippen LogP contribution is 2.35. The lowest BCUT2D eigenvalue weighted by Crippen LogP contribution is -2.35. The highest BCUT2D eigenvalue weighted by molar-refractivity contribution is 7.92. The van der Waals surface area contributed by atoms with Crippen LogP contribution in [0.25, 0.3) is 22.0 Å². The zero-order valence-electron chi connectivity index (χ0n) is 23.4. The maximum absolute atomic E-state index is 14.3. The van der Waals surface area contributed by atoms with Crippen LogP contribution in [0.2, 0.25) is 0 Å². The molecule has 1 fully saturated rings. The Kier molecular flexibility index (Phi) is 7.71. The van der Waals surface area contributed by atoms with Crippen molar-refractivity contribution in [3.8, 4) is 17.0 Å². The third-order valence-electron chi connectivity index (χ3n) is 6.70. The van der Waals surface area contributed by atoms with E-state index in [1.807, 2.05) is 39.0 Å². The van der Waals surface area contributed by atoms with Gasteiger partial charge in [-0.2, -0.15) is 0 Å². The molecule has 0 aliphatic carbocycles. The first-order chi connectivity index (χ1) is 19.8. The molecule has 1 atom stereocenters. The second-order valence-electron chi connectivity index (χ2n) is 10.9. The molecule has 0 spiro atoms. The number of sulfonamides is 1. The minimum atomic E-state index is -4.44. The standard InChI is InChI=1S/C29H29F2N5O5S/c1-29(2,3)41-28(37)36-10-9-18(15-36)26-21-11-17(5-7-23(21)33-16-34-26)19-12-24(27(40-4)32-14-19)35-42(38,39)25-8-6-20(30)13-22(25)31/h5-8,11-14,16,18,35H,9-10,15H2,1-4H3. The molecule has 1 N–H and O–H groups in total. The number of methoxy groups -OCH3 is 1. The van der Waals surface area contributed by atoms with Gasteiger partial charge in [0, 0.05) is 42.2 Å². The molecule has 4 aromatic rings. The largest absolute Gasteiger partial charge is 0.480 e. The van der Waals surface area contributed by atoms with E-state index in [2.05, 4.69) is 19.7 Å². The first-order valence-corrected chi connectivity index (χ1v) is 14.6. The number of benzene rings is 2. The summed E-state index contributed by atoms with van der Waals surface area (Å²) in [7, 11) is -3.12. The number of aromatic nitrogens is 3. The van der Waals surface area contributed by atoms with E-state index in [-0.39, 0.29) is 23.6 Å². The number of likely N-dealkylation sites (tertiary alicyclic amines) is 1. The maximum Gasteiger partial charge on any atom is 0.410 e. The molecule has 2 aromatic heterocycles. The van der Waals surface area contributed by atoms with Crippen LogP contribution in [0.4, 0.5) is 19.3 Å². The molecule has 1 unspecified atom stereocenters. The molecule has 0 saturated carbocycles. The molecule has 5 rings (SSSR count). The third-order valence-corrected chi connectivity index (χ3v) is 8.10. The Bertz CT molecular complexity index is 1780. The summed E-state index contributed by atoms with van der Waals surface area (Å²) < 4.78 is 66.6. The summed E-state index contributed by atoms with van der Waals surface area (Å²) in [5.41, 5.74) is 2.07. The summed E-state index contributed by atoms with van der Waals surface area (Å²) in [5, 5.41) is 0.775. The highest BCUT2D eigenvalue weighted by Gasteiger charge is 2.32. The van der Waals surface area contributed by atoms with E-state index in [0.717, 1.165) is 23.2 Å². The van der Waals surface area contributed by atoms with Crippen molar-refractivity contribution in [2.75, 3.05) is 24.9 Å². The van der Waals surface area contributed by atoms with Gasteiger partial charge in [-0.1, -0.05) is 6.07 Å². The summed E-state index contributed by atoms with van der Waals surface area (Å²) in [6.07, 6.45) is 3.33. The van der Waals surface area contributed by atoms with E-state index in [1.165, 1.54) is 25.7 Å². The SMILES string of the molecule is COc1ncc(-c2ccc3ncnc(C4CCN(C(=O)OC(C)(C)C)C4)c3c2)cc1NS(=O)(=O)c1ccc(F)cc1F. The molecule has 0 radical (unpaired) electrons. The normalized spacial score (nSPS) is 15.6. The topological polar surface area (TPSA) is 124 Å². The Balaban J connectivity index is 1.47. The molecule has 1 amide bonds. The van der Waals surface area contributed by atoms with E-state index in [0.29, 0.717) is 42.2 Å². The number of rotatable bonds is 6. The fourth-order valence-corrected chi connectivity index (χ4v) is 5.90. The smallest absolute Gasteiger partial charge is 0.410 e. The number of hydrogen-bond acceptors (Lipinski definition) is 8. The van der Waals surface area contributed by atoms with Gasteiger partial charge in [-0.15, -0.1) is 0 Å². The van der Waals surface area contributed by atoms with Crippen molar-refractivity contribution in [2.45, 2.75) is 43.6 Å². The monoisotopic (exact) mass is 597 g/mol. The molecular formula is C29H29F2N5O5S. The predicted octanol–water partition coefficient (Wildman–Crippen LogP) is 5.50.